The van der Waals surface area contributed by atoms with Crippen LogP contribution in [0.2, 0.25) is 0 Å². The second-order valence-corrected chi connectivity index (χ2v) is 4.89. The maximum absolute atomic E-state index is 10.7. The predicted octanol–water partition coefficient (Wildman–Crippen LogP) is 2.04. The number of methoxy groups -OCH3 is 1. The molecule has 0 spiro atoms. The molecule has 1 saturated heterocycles. The molecule has 1 fully saturated rings. The highest BCUT2D eigenvalue weighted by Gasteiger charge is 2.21. The van der Waals surface area contributed by atoms with E-state index in [4.69, 9.17) is 10.5 Å². The molecule has 19 heavy (non-hydrogen) atoms. The Morgan fingerprint density at radius 2 is 2.16 bits per heavy atom. The molecule has 0 saturated carbocycles. The first-order valence-electron chi connectivity index (χ1n) is 6.39. The number of benzene rings is 1. The Morgan fingerprint density at radius 1 is 1.47 bits per heavy atom. The summed E-state index contributed by atoms with van der Waals surface area (Å²) in [5.41, 5.74) is 7.31. The maximum atomic E-state index is 10.7. The number of nitrogen functional groups attached to an aromatic ring is 1. The zero-order valence-corrected chi connectivity index (χ0v) is 11.0. The molecule has 0 aliphatic carbocycles. The third-order valence-electron chi connectivity index (χ3n) is 3.58. The van der Waals surface area contributed by atoms with Crippen molar-refractivity contribution in [2.24, 2.45) is 5.92 Å². The second kappa shape index (κ2) is 5.88. The summed E-state index contributed by atoms with van der Waals surface area (Å²) >= 11 is 0. The van der Waals surface area contributed by atoms with Crippen molar-refractivity contribution in [3.63, 3.8) is 0 Å². The molecule has 2 N–H and O–H groups in total. The molecule has 0 radical (unpaired) electrons. The zero-order valence-electron chi connectivity index (χ0n) is 11.0. The normalized spacial score (nSPS) is 16.6. The number of nitro benzene ring substituents is 1. The first-order chi connectivity index (χ1) is 9.11. The van der Waals surface area contributed by atoms with E-state index < -0.39 is 4.92 Å². The summed E-state index contributed by atoms with van der Waals surface area (Å²) in [6.45, 7) is 2.62. The summed E-state index contributed by atoms with van der Waals surface area (Å²) in [4.78, 5) is 12.4. The van der Waals surface area contributed by atoms with Crippen molar-refractivity contribution < 1.29 is 9.66 Å². The van der Waals surface area contributed by atoms with Crippen LogP contribution < -0.4 is 10.6 Å². The van der Waals surface area contributed by atoms with E-state index in [1.165, 1.54) is 12.1 Å². The number of hydrogen-bond donors (Lipinski definition) is 1. The first-order valence-corrected chi connectivity index (χ1v) is 6.39. The average Bonchev–Trinajstić information content (AvgIpc) is 2.40. The van der Waals surface area contributed by atoms with Gasteiger partial charge < -0.3 is 15.4 Å². The van der Waals surface area contributed by atoms with Crippen molar-refractivity contribution in [2.75, 3.05) is 37.4 Å². The van der Waals surface area contributed by atoms with Crippen LogP contribution in [0.4, 0.5) is 17.1 Å². The zero-order chi connectivity index (χ0) is 13.8. The Hall–Kier alpha value is -1.82. The van der Waals surface area contributed by atoms with E-state index in [0.29, 0.717) is 11.6 Å². The lowest BCUT2D eigenvalue weighted by atomic mass is 9.97. The van der Waals surface area contributed by atoms with Crippen LogP contribution in [0.15, 0.2) is 18.2 Å². The third-order valence-corrected chi connectivity index (χ3v) is 3.58. The third kappa shape index (κ3) is 3.14. The smallest absolute Gasteiger partial charge is 0.271 e. The minimum absolute atomic E-state index is 0.0375. The second-order valence-electron chi connectivity index (χ2n) is 4.89. The fourth-order valence-corrected chi connectivity index (χ4v) is 2.52. The Labute approximate surface area is 112 Å². The fraction of sp³-hybridized carbons (Fsp3) is 0.538. The topological polar surface area (TPSA) is 81.6 Å². The lowest BCUT2D eigenvalue weighted by molar-refractivity contribution is -0.384. The number of rotatable bonds is 4. The number of piperidine rings is 1. The van der Waals surface area contributed by atoms with Crippen molar-refractivity contribution in [1.82, 2.24) is 0 Å². The van der Waals surface area contributed by atoms with Gasteiger partial charge in [-0.25, -0.2) is 0 Å². The molecule has 104 valence electrons. The fourth-order valence-electron chi connectivity index (χ4n) is 2.52. The van der Waals surface area contributed by atoms with E-state index in [9.17, 15) is 10.1 Å². The van der Waals surface area contributed by atoms with Crippen LogP contribution in [0.1, 0.15) is 12.8 Å². The standard InChI is InChI=1S/C13H19N3O3/c1-19-9-10-4-6-15(7-5-10)13-3-2-11(16(17)18)8-12(13)14/h2-3,8,10H,4-7,9,14H2,1H3. The van der Waals surface area contributed by atoms with Gasteiger partial charge in [-0.05, 0) is 24.8 Å². The van der Waals surface area contributed by atoms with E-state index in [1.54, 1.807) is 13.2 Å². The van der Waals surface area contributed by atoms with Gasteiger partial charge in [-0.2, -0.15) is 0 Å². The molecular formula is C13H19N3O3. The Morgan fingerprint density at radius 3 is 2.68 bits per heavy atom. The van der Waals surface area contributed by atoms with Gasteiger partial charge in [0.1, 0.15) is 0 Å². The Kier molecular flexibility index (Phi) is 4.21. The van der Waals surface area contributed by atoms with Gasteiger partial charge in [-0.3, -0.25) is 10.1 Å². The van der Waals surface area contributed by atoms with Crippen LogP contribution in [0.3, 0.4) is 0 Å². The van der Waals surface area contributed by atoms with E-state index in [2.05, 4.69) is 4.90 Å². The molecule has 0 unspecified atom stereocenters. The highest BCUT2D eigenvalue weighted by molar-refractivity contribution is 5.70. The highest BCUT2D eigenvalue weighted by atomic mass is 16.6. The summed E-state index contributed by atoms with van der Waals surface area (Å²) in [5.74, 6) is 0.598. The number of hydrogen-bond acceptors (Lipinski definition) is 5. The minimum atomic E-state index is -0.426. The number of non-ortho nitro benzene ring substituents is 1. The molecule has 6 heteroatoms. The molecule has 0 bridgehead atoms. The van der Waals surface area contributed by atoms with E-state index >= 15 is 0 Å². The van der Waals surface area contributed by atoms with Crippen LogP contribution in [0, 0.1) is 16.0 Å². The van der Waals surface area contributed by atoms with E-state index in [0.717, 1.165) is 38.2 Å². The number of anilines is 2. The van der Waals surface area contributed by atoms with Crippen molar-refractivity contribution in [3.05, 3.63) is 28.3 Å². The molecule has 2 rings (SSSR count). The minimum Gasteiger partial charge on any atom is -0.397 e. The summed E-state index contributed by atoms with van der Waals surface area (Å²) in [6, 6.07) is 4.67. The molecule has 1 heterocycles. The lowest BCUT2D eigenvalue weighted by Gasteiger charge is -2.33. The van der Waals surface area contributed by atoms with Crippen LogP contribution in [0.25, 0.3) is 0 Å². The number of nitrogens with zero attached hydrogens (tertiary/aromatic N) is 2. The summed E-state index contributed by atoms with van der Waals surface area (Å²) in [5, 5.41) is 10.7. The molecule has 6 nitrogen and oxygen atoms in total. The number of nitro groups is 1. The van der Waals surface area contributed by atoms with Gasteiger partial charge in [-0.1, -0.05) is 0 Å². The molecule has 0 aromatic heterocycles. The first kappa shape index (κ1) is 13.6. The molecule has 1 aliphatic rings. The number of ether oxygens (including phenoxy) is 1. The number of nitrogens with two attached hydrogens (primary N) is 1. The van der Waals surface area contributed by atoms with Crippen LogP contribution in [-0.4, -0.2) is 31.7 Å². The SMILES string of the molecule is COCC1CCN(c2ccc([N+](=O)[O-])cc2N)CC1. The van der Waals surface area contributed by atoms with Gasteiger partial charge in [0.2, 0.25) is 0 Å². The Balaban J connectivity index is 2.05. The average molecular weight is 265 g/mol. The quantitative estimate of drug-likeness (QED) is 0.512. The Bertz CT molecular complexity index is 456. The maximum Gasteiger partial charge on any atom is 0.271 e. The van der Waals surface area contributed by atoms with Crippen molar-refractivity contribution in [2.45, 2.75) is 12.8 Å². The largest absolute Gasteiger partial charge is 0.397 e. The van der Waals surface area contributed by atoms with Crippen LogP contribution in [0.5, 0.6) is 0 Å². The van der Waals surface area contributed by atoms with Gasteiger partial charge in [0.25, 0.3) is 5.69 Å². The van der Waals surface area contributed by atoms with Crippen LogP contribution in [-0.2, 0) is 4.74 Å². The van der Waals surface area contributed by atoms with Gasteiger partial charge in [0.15, 0.2) is 0 Å². The molecule has 1 aliphatic heterocycles. The van der Waals surface area contributed by atoms with Gasteiger partial charge >= 0.3 is 0 Å². The van der Waals surface area contributed by atoms with Gasteiger partial charge in [0.05, 0.1) is 16.3 Å². The predicted molar refractivity (Wildman–Crippen MR) is 74.3 cm³/mol. The summed E-state index contributed by atoms with van der Waals surface area (Å²) in [6.07, 6.45) is 2.12. The molecule has 1 aromatic rings. The van der Waals surface area contributed by atoms with Crippen molar-refractivity contribution >= 4 is 17.1 Å². The molecule has 1 aromatic carbocycles. The van der Waals surface area contributed by atoms with Gasteiger partial charge in [0, 0.05) is 38.9 Å². The molecule has 0 atom stereocenters. The lowest BCUT2D eigenvalue weighted by Crippen LogP contribution is -2.35. The summed E-state index contributed by atoms with van der Waals surface area (Å²) < 4.78 is 5.17. The van der Waals surface area contributed by atoms with Crippen molar-refractivity contribution in [3.8, 4) is 0 Å². The van der Waals surface area contributed by atoms with Gasteiger partial charge in [-0.15, -0.1) is 0 Å². The van der Waals surface area contributed by atoms with E-state index in [1.807, 2.05) is 0 Å². The van der Waals surface area contributed by atoms with E-state index in [-0.39, 0.29) is 5.69 Å². The summed E-state index contributed by atoms with van der Waals surface area (Å²) in [7, 11) is 1.72. The highest BCUT2D eigenvalue weighted by Crippen LogP contribution is 2.30. The molecular weight excluding hydrogens is 246 g/mol. The monoisotopic (exact) mass is 265 g/mol. The molecule has 0 amide bonds. The van der Waals surface area contributed by atoms with Crippen molar-refractivity contribution in [1.29, 1.82) is 0 Å². The van der Waals surface area contributed by atoms with Crippen LogP contribution >= 0.6 is 0 Å².